The van der Waals surface area contributed by atoms with E-state index in [1.54, 1.807) is 7.11 Å². The zero-order valence-electron chi connectivity index (χ0n) is 15.5. The Kier molecular flexibility index (Phi) is 7.54. The van der Waals surface area contributed by atoms with Crippen molar-refractivity contribution >= 4 is 59.4 Å². The Hall–Kier alpha value is -2.07. The predicted octanol–water partition coefficient (Wildman–Crippen LogP) is 7.63. The lowest BCUT2D eigenvalue weighted by atomic mass is 10.0. The zero-order valence-corrected chi connectivity index (χ0v) is 20.2. The normalized spacial score (nSPS) is 11.1. The number of halogens is 3. The van der Waals surface area contributed by atoms with Crippen molar-refractivity contribution < 1.29 is 9.47 Å². The highest BCUT2D eigenvalue weighted by molar-refractivity contribution is 9.11. The number of ether oxygens (including phenoxy) is 2. The maximum absolute atomic E-state index is 9.61. The summed E-state index contributed by atoms with van der Waals surface area (Å²) in [4.78, 5) is 0. The summed E-state index contributed by atoms with van der Waals surface area (Å²) in [7, 11) is 1.60. The van der Waals surface area contributed by atoms with Gasteiger partial charge in [0.15, 0.2) is 11.5 Å². The summed E-state index contributed by atoms with van der Waals surface area (Å²) in [6.45, 7) is 0.424. The van der Waals surface area contributed by atoms with E-state index >= 15 is 0 Å². The molecular weight excluding hydrogens is 562 g/mol. The van der Waals surface area contributed by atoms with E-state index in [1.807, 2.05) is 66.7 Å². The highest BCUT2D eigenvalue weighted by Gasteiger charge is 2.11. The van der Waals surface area contributed by atoms with E-state index in [9.17, 15) is 5.26 Å². The number of rotatable bonds is 6. The first-order valence-corrected chi connectivity index (χ1v) is 11.0. The maximum Gasteiger partial charge on any atom is 0.162 e. The second-order valence-electron chi connectivity index (χ2n) is 6.12. The molecule has 0 aromatic heterocycles. The van der Waals surface area contributed by atoms with Gasteiger partial charge in [-0.2, -0.15) is 5.26 Å². The summed E-state index contributed by atoms with van der Waals surface area (Å²) >= 11 is 10.4. The molecule has 0 saturated carbocycles. The van der Waals surface area contributed by atoms with Crippen molar-refractivity contribution in [1.82, 2.24) is 0 Å². The smallest absolute Gasteiger partial charge is 0.162 e. The van der Waals surface area contributed by atoms with Crippen LogP contribution in [0.15, 0.2) is 74.1 Å². The largest absolute Gasteiger partial charge is 0.493 e. The molecular formula is C23H16Br3NO2. The molecule has 0 radical (unpaired) electrons. The van der Waals surface area contributed by atoms with Crippen molar-refractivity contribution in [1.29, 1.82) is 5.26 Å². The minimum absolute atomic E-state index is 0.424. The van der Waals surface area contributed by atoms with Crippen LogP contribution in [0, 0.1) is 11.3 Å². The van der Waals surface area contributed by atoms with Crippen LogP contribution in [-0.4, -0.2) is 7.11 Å². The summed E-state index contributed by atoms with van der Waals surface area (Å²) in [5, 5.41) is 9.61. The van der Waals surface area contributed by atoms with Crippen molar-refractivity contribution in [2.24, 2.45) is 0 Å². The molecule has 3 aromatic carbocycles. The lowest BCUT2D eigenvalue weighted by molar-refractivity contribution is 0.284. The molecule has 0 atom stereocenters. The van der Waals surface area contributed by atoms with Crippen LogP contribution in [-0.2, 0) is 6.61 Å². The molecule has 3 nitrogen and oxygen atoms in total. The van der Waals surface area contributed by atoms with Gasteiger partial charge in [-0.3, -0.25) is 0 Å². The van der Waals surface area contributed by atoms with Crippen LogP contribution in [0.5, 0.6) is 11.5 Å². The molecule has 3 aromatic rings. The van der Waals surface area contributed by atoms with Crippen LogP contribution in [0.2, 0.25) is 0 Å². The second-order valence-corrected chi connectivity index (χ2v) is 8.80. The molecule has 0 bridgehead atoms. The summed E-state index contributed by atoms with van der Waals surface area (Å²) < 4.78 is 14.3. The summed E-state index contributed by atoms with van der Waals surface area (Å²) in [5.74, 6) is 1.23. The molecule has 0 aliphatic rings. The molecule has 0 aliphatic carbocycles. The van der Waals surface area contributed by atoms with E-state index in [4.69, 9.17) is 9.47 Å². The highest BCUT2D eigenvalue weighted by atomic mass is 79.9. The van der Waals surface area contributed by atoms with Gasteiger partial charge in [0.25, 0.3) is 0 Å². The SMILES string of the molecule is COc1cc(/C=C(\C#N)c2ccc(Br)cc2)c(Br)cc1OCc1ccc(Br)cc1. The first-order chi connectivity index (χ1) is 14.0. The monoisotopic (exact) mass is 575 g/mol. The van der Waals surface area contributed by atoms with Crippen LogP contribution in [0.1, 0.15) is 16.7 Å². The van der Waals surface area contributed by atoms with Crippen LogP contribution in [0.25, 0.3) is 11.6 Å². The van der Waals surface area contributed by atoms with Crippen molar-refractivity contribution in [2.45, 2.75) is 6.61 Å². The van der Waals surface area contributed by atoms with Crippen LogP contribution in [0.3, 0.4) is 0 Å². The van der Waals surface area contributed by atoms with Gasteiger partial charge < -0.3 is 9.47 Å². The first-order valence-electron chi connectivity index (χ1n) is 8.62. The Morgan fingerprint density at radius 1 is 0.931 bits per heavy atom. The summed E-state index contributed by atoms with van der Waals surface area (Å²) in [6.07, 6.45) is 1.83. The summed E-state index contributed by atoms with van der Waals surface area (Å²) in [5.41, 5.74) is 3.29. The number of hydrogen-bond donors (Lipinski definition) is 0. The number of hydrogen-bond acceptors (Lipinski definition) is 3. The van der Waals surface area contributed by atoms with Gasteiger partial charge in [-0.25, -0.2) is 0 Å². The molecule has 0 aliphatic heterocycles. The summed E-state index contributed by atoms with van der Waals surface area (Å²) in [6, 6.07) is 21.6. The number of benzene rings is 3. The Morgan fingerprint density at radius 2 is 1.55 bits per heavy atom. The minimum Gasteiger partial charge on any atom is -0.493 e. The Balaban J connectivity index is 1.88. The number of nitriles is 1. The third-order valence-corrected chi connectivity index (χ3v) is 5.91. The van der Waals surface area contributed by atoms with Gasteiger partial charge in [0.2, 0.25) is 0 Å². The maximum atomic E-state index is 9.61. The van der Waals surface area contributed by atoms with Gasteiger partial charge in [-0.1, -0.05) is 72.1 Å². The molecule has 0 heterocycles. The lowest BCUT2D eigenvalue weighted by Gasteiger charge is -2.13. The van der Waals surface area contributed by atoms with E-state index in [-0.39, 0.29) is 0 Å². The quantitative estimate of drug-likeness (QED) is 0.223. The zero-order chi connectivity index (χ0) is 20.8. The Bertz CT molecular complexity index is 1070. The van der Waals surface area contributed by atoms with Gasteiger partial charge in [0.1, 0.15) is 6.61 Å². The van der Waals surface area contributed by atoms with Gasteiger partial charge in [-0.05, 0) is 59.2 Å². The third kappa shape index (κ3) is 5.72. The standard InChI is InChI=1S/C23H16Br3NO2/c1-28-22-11-17(10-18(13-27)16-4-8-20(25)9-5-16)21(26)12-23(22)29-14-15-2-6-19(24)7-3-15/h2-12H,14H2,1H3/b18-10+. The van der Waals surface area contributed by atoms with Gasteiger partial charge in [-0.15, -0.1) is 0 Å². The van der Waals surface area contributed by atoms with Crippen LogP contribution in [0.4, 0.5) is 0 Å². The number of methoxy groups -OCH3 is 1. The Morgan fingerprint density at radius 3 is 2.14 bits per heavy atom. The second kappa shape index (κ2) is 10.1. The van der Waals surface area contributed by atoms with Gasteiger partial charge >= 0.3 is 0 Å². The van der Waals surface area contributed by atoms with E-state index in [0.29, 0.717) is 23.7 Å². The number of allylic oxidation sites excluding steroid dienone is 1. The lowest BCUT2D eigenvalue weighted by Crippen LogP contribution is -1.98. The van der Waals surface area contributed by atoms with Gasteiger partial charge in [0, 0.05) is 13.4 Å². The molecule has 0 amide bonds. The first kappa shape index (κ1) is 21.6. The molecule has 6 heteroatoms. The van der Waals surface area contributed by atoms with E-state index in [1.165, 1.54) is 0 Å². The fourth-order valence-electron chi connectivity index (χ4n) is 2.64. The fourth-order valence-corrected chi connectivity index (χ4v) is 3.61. The van der Waals surface area contributed by atoms with E-state index in [2.05, 4.69) is 53.9 Å². The van der Waals surface area contributed by atoms with E-state index in [0.717, 1.165) is 30.1 Å². The van der Waals surface area contributed by atoms with Crippen molar-refractivity contribution in [3.8, 4) is 17.6 Å². The van der Waals surface area contributed by atoms with Crippen molar-refractivity contribution in [3.05, 3.63) is 90.8 Å². The van der Waals surface area contributed by atoms with Crippen LogP contribution < -0.4 is 9.47 Å². The Labute approximate surface area is 195 Å². The molecule has 0 fully saturated rings. The molecule has 0 spiro atoms. The molecule has 0 unspecified atom stereocenters. The number of nitrogens with zero attached hydrogens (tertiary/aromatic N) is 1. The minimum atomic E-state index is 0.424. The van der Waals surface area contributed by atoms with Crippen molar-refractivity contribution in [2.75, 3.05) is 7.11 Å². The fraction of sp³-hybridized carbons (Fsp3) is 0.0870. The molecule has 0 saturated heterocycles. The van der Waals surface area contributed by atoms with Crippen molar-refractivity contribution in [3.63, 3.8) is 0 Å². The van der Waals surface area contributed by atoms with E-state index < -0.39 is 0 Å². The topological polar surface area (TPSA) is 42.2 Å². The third-order valence-electron chi connectivity index (χ3n) is 4.17. The molecule has 29 heavy (non-hydrogen) atoms. The van der Waals surface area contributed by atoms with Crippen LogP contribution >= 0.6 is 47.8 Å². The average Bonchev–Trinajstić information content (AvgIpc) is 2.73. The van der Waals surface area contributed by atoms with Gasteiger partial charge in [0.05, 0.1) is 18.8 Å². The average molecular weight is 578 g/mol. The highest BCUT2D eigenvalue weighted by Crippen LogP contribution is 2.36. The predicted molar refractivity (Wildman–Crippen MR) is 127 cm³/mol. The molecule has 146 valence electrons. The molecule has 3 rings (SSSR count). The molecule has 0 N–H and O–H groups in total.